The van der Waals surface area contributed by atoms with Gasteiger partial charge in [-0.05, 0) is 42.0 Å². The van der Waals surface area contributed by atoms with Crippen LogP contribution in [-0.4, -0.2) is 40.8 Å². The largest absolute Gasteiger partial charge is 0.480 e. The number of amides is 1. The molecule has 1 aliphatic rings. The summed E-state index contributed by atoms with van der Waals surface area (Å²) in [5.74, 6) is -0.976. The molecule has 0 bridgehead atoms. The molecule has 1 aliphatic carbocycles. The van der Waals surface area contributed by atoms with Gasteiger partial charge in [0.05, 0.1) is 0 Å². The highest BCUT2D eigenvalue weighted by Gasteiger charge is 2.34. The van der Waals surface area contributed by atoms with Crippen molar-refractivity contribution in [3.8, 4) is 11.1 Å². The van der Waals surface area contributed by atoms with Crippen molar-refractivity contribution in [2.75, 3.05) is 6.61 Å². The van der Waals surface area contributed by atoms with Crippen LogP contribution in [0.1, 0.15) is 44.7 Å². The van der Waals surface area contributed by atoms with Gasteiger partial charge in [-0.3, -0.25) is 4.90 Å². The number of carboxylic acids is 1. The third-order valence-corrected chi connectivity index (χ3v) is 5.73. The topological polar surface area (TPSA) is 66.8 Å². The molecule has 2 aromatic rings. The molecule has 148 valence electrons. The molecule has 28 heavy (non-hydrogen) atoms. The van der Waals surface area contributed by atoms with Crippen LogP contribution in [0.15, 0.2) is 48.5 Å². The summed E-state index contributed by atoms with van der Waals surface area (Å²) < 4.78 is 5.67. The Hall–Kier alpha value is -2.82. The summed E-state index contributed by atoms with van der Waals surface area (Å²) >= 11 is 0. The van der Waals surface area contributed by atoms with Gasteiger partial charge in [-0.2, -0.15) is 0 Å². The fraction of sp³-hybridized carbons (Fsp3) is 0.391. The highest BCUT2D eigenvalue weighted by molar-refractivity contribution is 5.81. The van der Waals surface area contributed by atoms with Crippen LogP contribution in [0.3, 0.4) is 0 Å². The van der Waals surface area contributed by atoms with E-state index in [2.05, 4.69) is 24.3 Å². The van der Waals surface area contributed by atoms with Crippen molar-refractivity contribution in [3.05, 3.63) is 59.7 Å². The third kappa shape index (κ3) is 3.61. The van der Waals surface area contributed by atoms with Crippen molar-refractivity contribution in [2.24, 2.45) is 5.92 Å². The van der Waals surface area contributed by atoms with Crippen LogP contribution in [0.4, 0.5) is 4.79 Å². The van der Waals surface area contributed by atoms with E-state index < -0.39 is 18.1 Å². The van der Waals surface area contributed by atoms with Gasteiger partial charge in [0.15, 0.2) is 0 Å². The Bertz CT molecular complexity index is 831. The zero-order chi connectivity index (χ0) is 20.4. The second-order valence-corrected chi connectivity index (χ2v) is 7.71. The van der Waals surface area contributed by atoms with Gasteiger partial charge in [-0.25, -0.2) is 9.59 Å². The summed E-state index contributed by atoms with van der Waals surface area (Å²) in [6.07, 6.45) is -0.585. The van der Waals surface area contributed by atoms with E-state index in [0.29, 0.717) is 0 Å². The highest BCUT2D eigenvalue weighted by Crippen LogP contribution is 2.44. The predicted octanol–water partition coefficient (Wildman–Crippen LogP) is 4.76. The van der Waals surface area contributed by atoms with Crippen LogP contribution in [0.5, 0.6) is 0 Å². The normalized spacial score (nSPS) is 14.9. The molecular weight excluding hydrogens is 354 g/mol. The minimum atomic E-state index is -1.04. The smallest absolute Gasteiger partial charge is 0.410 e. The number of nitrogens with zero attached hydrogens (tertiary/aromatic N) is 1. The Morgan fingerprint density at radius 1 is 0.964 bits per heavy atom. The van der Waals surface area contributed by atoms with Gasteiger partial charge in [0.25, 0.3) is 0 Å². The maximum Gasteiger partial charge on any atom is 0.410 e. The summed E-state index contributed by atoms with van der Waals surface area (Å²) in [5.41, 5.74) is 4.58. The first-order chi connectivity index (χ1) is 13.3. The van der Waals surface area contributed by atoms with E-state index in [-0.39, 0.29) is 24.5 Å². The van der Waals surface area contributed by atoms with Crippen molar-refractivity contribution < 1.29 is 19.4 Å². The zero-order valence-electron chi connectivity index (χ0n) is 16.8. The maximum absolute atomic E-state index is 12.9. The lowest BCUT2D eigenvalue weighted by molar-refractivity contribution is -0.143. The number of carboxylic acid groups (broad SMARTS) is 1. The SMILES string of the molecule is CC(C)C(C)N(C(=O)OCC1c2ccccc2-c2ccccc21)C(C)C(=O)O. The molecule has 1 N–H and O–H groups in total. The molecule has 5 nitrogen and oxygen atoms in total. The van der Waals surface area contributed by atoms with Crippen molar-refractivity contribution in [2.45, 2.75) is 45.7 Å². The number of hydrogen-bond acceptors (Lipinski definition) is 3. The van der Waals surface area contributed by atoms with Crippen LogP contribution >= 0.6 is 0 Å². The van der Waals surface area contributed by atoms with Crippen LogP contribution in [0.25, 0.3) is 11.1 Å². The minimum Gasteiger partial charge on any atom is -0.480 e. The molecule has 2 atom stereocenters. The van der Waals surface area contributed by atoms with E-state index in [9.17, 15) is 14.7 Å². The van der Waals surface area contributed by atoms with Crippen LogP contribution in [0, 0.1) is 5.92 Å². The van der Waals surface area contributed by atoms with E-state index in [1.807, 2.05) is 45.0 Å². The first kappa shape index (κ1) is 19.9. The van der Waals surface area contributed by atoms with Crippen LogP contribution in [0.2, 0.25) is 0 Å². The molecule has 0 aliphatic heterocycles. The standard InChI is InChI=1S/C23H27NO4/c1-14(2)15(3)24(16(4)22(25)26)23(27)28-13-21-19-11-7-5-9-17(19)18-10-6-8-12-20(18)21/h5-12,14-16,21H,13H2,1-4H3,(H,25,26). The van der Waals surface area contributed by atoms with Crippen molar-refractivity contribution in [3.63, 3.8) is 0 Å². The number of carbonyl (C=O) groups excluding carboxylic acids is 1. The lowest BCUT2D eigenvalue weighted by Crippen LogP contribution is -2.50. The minimum absolute atomic E-state index is 0.0484. The van der Waals surface area contributed by atoms with E-state index in [1.165, 1.54) is 11.8 Å². The summed E-state index contributed by atoms with van der Waals surface area (Å²) in [5, 5.41) is 9.42. The van der Waals surface area contributed by atoms with Crippen molar-refractivity contribution in [1.82, 2.24) is 4.90 Å². The second-order valence-electron chi connectivity index (χ2n) is 7.71. The molecule has 0 saturated carbocycles. The number of ether oxygens (including phenoxy) is 1. The Morgan fingerprint density at radius 2 is 1.46 bits per heavy atom. The molecule has 0 spiro atoms. The number of rotatable bonds is 6. The van der Waals surface area contributed by atoms with Crippen LogP contribution < -0.4 is 0 Å². The quantitative estimate of drug-likeness (QED) is 0.784. The number of hydrogen-bond donors (Lipinski definition) is 1. The lowest BCUT2D eigenvalue weighted by Gasteiger charge is -2.34. The molecule has 0 radical (unpaired) electrons. The van der Waals surface area contributed by atoms with E-state index >= 15 is 0 Å². The number of fused-ring (bicyclic) bond motifs is 3. The summed E-state index contributed by atoms with van der Waals surface area (Å²) in [6.45, 7) is 7.47. The van der Waals surface area contributed by atoms with Gasteiger partial charge in [0, 0.05) is 12.0 Å². The van der Waals surface area contributed by atoms with Gasteiger partial charge >= 0.3 is 12.1 Å². The van der Waals surface area contributed by atoms with Gasteiger partial charge in [-0.15, -0.1) is 0 Å². The molecule has 1 amide bonds. The van der Waals surface area contributed by atoms with E-state index in [4.69, 9.17) is 4.74 Å². The summed E-state index contributed by atoms with van der Waals surface area (Å²) in [7, 11) is 0. The first-order valence-corrected chi connectivity index (χ1v) is 9.69. The zero-order valence-corrected chi connectivity index (χ0v) is 16.8. The molecule has 2 unspecified atom stereocenters. The van der Waals surface area contributed by atoms with E-state index in [1.54, 1.807) is 0 Å². The van der Waals surface area contributed by atoms with Gasteiger partial charge in [-0.1, -0.05) is 62.4 Å². The third-order valence-electron chi connectivity index (χ3n) is 5.73. The number of aliphatic carboxylic acids is 1. The lowest BCUT2D eigenvalue weighted by atomic mass is 9.98. The Kier molecular flexibility index (Phi) is 5.73. The second kappa shape index (κ2) is 8.05. The average molecular weight is 381 g/mol. The predicted molar refractivity (Wildman–Crippen MR) is 108 cm³/mol. The van der Waals surface area contributed by atoms with Crippen molar-refractivity contribution in [1.29, 1.82) is 0 Å². The maximum atomic E-state index is 12.9. The van der Waals surface area contributed by atoms with Crippen LogP contribution in [-0.2, 0) is 9.53 Å². The fourth-order valence-corrected chi connectivity index (χ4v) is 3.79. The molecule has 0 fully saturated rings. The molecule has 5 heteroatoms. The Labute approximate surface area is 165 Å². The summed E-state index contributed by atoms with van der Waals surface area (Å²) in [6, 6.07) is 15.1. The number of carbonyl (C=O) groups is 2. The van der Waals surface area contributed by atoms with Gasteiger partial charge < -0.3 is 9.84 Å². The molecule has 0 aromatic heterocycles. The molecular formula is C23H27NO4. The first-order valence-electron chi connectivity index (χ1n) is 9.69. The molecule has 2 aromatic carbocycles. The molecule has 0 saturated heterocycles. The Balaban J connectivity index is 1.82. The Morgan fingerprint density at radius 3 is 1.93 bits per heavy atom. The highest BCUT2D eigenvalue weighted by atomic mass is 16.6. The molecule has 3 rings (SSSR count). The summed E-state index contributed by atoms with van der Waals surface area (Å²) in [4.78, 5) is 25.7. The fourth-order valence-electron chi connectivity index (χ4n) is 3.79. The average Bonchev–Trinajstić information content (AvgIpc) is 3.00. The monoisotopic (exact) mass is 381 g/mol. The van der Waals surface area contributed by atoms with E-state index in [0.717, 1.165) is 22.3 Å². The number of benzene rings is 2. The molecule has 0 heterocycles. The van der Waals surface area contributed by atoms with Gasteiger partial charge in [0.1, 0.15) is 12.6 Å². The van der Waals surface area contributed by atoms with Crippen molar-refractivity contribution >= 4 is 12.1 Å². The van der Waals surface area contributed by atoms with Gasteiger partial charge in [0.2, 0.25) is 0 Å².